The van der Waals surface area contributed by atoms with Crippen LogP contribution >= 0.6 is 30.4 Å². The van der Waals surface area contributed by atoms with Crippen molar-refractivity contribution in [3.63, 3.8) is 0 Å². The molecule has 0 bridgehead atoms. The third-order valence-corrected chi connectivity index (χ3v) is 0. The SMILES string of the molecule is O.O.O.O.[Cl][Co]([Cl])[Cl]. The summed E-state index contributed by atoms with van der Waals surface area (Å²) in [6.45, 7) is 0. The predicted octanol–water partition coefficient (Wildman–Crippen LogP) is -1.23. The third-order valence-electron chi connectivity index (χ3n) is 0. The Hall–Kier alpha value is 1.22. The number of hydrogen-bond donors (Lipinski definition) is 0. The molecule has 0 amide bonds. The van der Waals surface area contributed by atoms with Crippen molar-refractivity contribution in [3.8, 4) is 0 Å². The van der Waals surface area contributed by atoms with Gasteiger partial charge in [-0.15, -0.1) is 0 Å². The van der Waals surface area contributed by atoms with Gasteiger partial charge in [0.15, 0.2) is 0 Å². The van der Waals surface area contributed by atoms with E-state index in [2.05, 4.69) is 0 Å². The van der Waals surface area contributed by atoms with E-state index >= 15 is 0 Å². The first kappa shape index (κ1) is 35.0. The van der Waals surface area contributed by atoms with Crippen LogP contribution in [0.3, 0.4) is 0 Å². The zero-order valence-corrected chi connectivity index (χ0v) is 6.78. The van der Waals surface area contributed by atoms with E-state index in [0.29, 0.717) is 0 Å². The molecular weight excluding hydrogens is 229 g/mol. The van der Waals surface area contributed by atoms with Gasteiger partial charge in [-0.2, -0.15) is 0 Å². The third kappa shape index (κ3) is 188. The maximum atomic E-state index is 4.87. The molecular formula is H8Cl3CoO4. The molecule has 62 valence electrons. The molecule has 0 aliphatic heterocycles. The van der Waals surface area contributed by atoms with Gasteiger partial charge in [0.05, 0.1) is 0 Å². The van der Waals surface area contributed by atoms with E-state index in [1.807, 2.05) is 0 Å². The van der Waals surface area contributed by atoms with Crippen LogP contribution < -0.4 is 0 Å². The first-order chi connectivity index (χ1) is 1.73. The molecule has 0 aliphatic rings. The van der Waals surface area contributed by atoms with Crippen molar-refractivity contribution in [2.24, 2.45) is 0 Å². The van der Waals surface area contributed by atoms with Gasteiger partial charge in [-0.05, 0) is 0 Å². The van der Waals surface area contributed by atoms with E-state index in [1.165, 1.54) is 0 Å². The molecule has 0 fully saturated rings. The summed E-state index contributed by atoms with van der Waals surface area (Å²) in [6, 6.07) is 0. The predicted molar refractivity (Wildman–Crippen MR) is 32.0 cm³/mol. The molecule has 0 unspecified atom stereocenters. The van der Waals surface area contributed by atoms with Gasteiger partial charge in [0.1, 0.15) is 0 Å². The second kappa shape index (κ2) is 24.1. The Kier molecular flexibility index (Phi) is 105. The number of hydrogen-bond acceptors (Lipinski definition) is 0. The van der Waals surface area contributed by atoms with Gasteiger partial charge in [-0.3, -0.25) is 0 Å². The summed E-state index contributed by atoms with van der Waals surface area (Å²) in [5.74, 6) is 0. The van der Waals surface area contributed by atoms with Crippen molar-refractivity contribution >= 4 is 30.4 Å². The summed E-state index contributed by atoms with van der Waals surface area (Å²) in [5, 5.41) is 0. The molecule has 8 heavy (non-hydrogen) atoms. The van der Waals surface area contributed by atoms with E-state index in [4.69, 9.17) is 30.4 Å². The zero-order valence-electron chi connectivity index (χ0n) is 3.47. The molecule has 0 radical (unpaired) electrons. The van der Waals surface area contributed by atoms with Gasteiger partial charge in [-0.25, -0.2) is 0 Å². The number of halogens is 3. The van der Waals surface area contributed by atoms with Crippen LogP contribution in [-0.2, 0) is 10.9 Å². The molecule has 8 heteroatoms. The van der Waals surface area contributed by atoms with Crippen molar-refractivity contribution in [2.75, 3.05) is 0 Å². The van der Waals surface area contributed by atoms with Crippen molar-refractivity contribution in [2.45, 2.75) is 0 Å². The summed E-state index contributed by atoms with van der Waals surface area (Å²) in [4.78, 5) is 0. The van der Waals surface area contributed by atoms with E-state index in [9.17, 15) is 0 Å². The quantitative estimate of drug-likeness (QED) is 0.500. The molecule has 8 N–H and O–H groups in total. The summed E-state index contributed by atoms with van der Waals surface area (Å²) < 4.78 is 0. The van der Waals surface area contributed by atoms with Crippen LogP contribution in [0.1, 0.15) is 0 Å². The van der Waals surface area contributed by atoms with E-state index in [-0.39, 0.29) is 21.9 Å². The Morgan fingerprint density at radius 3 is 0.625 bits per heavy atom. The second-order valence-corrected chi connectivity index (χ2v) is 5.30. The standard InChI is InChI=1S/3ClH.Co.4H2O/h3*1H;;4*1H2/q;;;+3;;;;/p-3. The molecule has 4 nitrogen and oxygen atoms in total. The molecule has 0 saturated heterocycles. The van der Waals surface area contributed by atoms with Gasteiger partial charge in [0, 0.05) is 0 Å². The molecule has 0 rings (SSSR count). The second-order valence-electron chi connectivity index (χ2n) is 0.143. The summed E-state index contributed by atoms with van der Waals surface area (Å²) in [6.07, 6.45) is 0. The van der Waals surface area contributed by atoms with Crippen LogP contribution in [0.15, 0.2) is 0 Å². The summed E-state index contributed by atoms with van der Waals surface area (Å²) in [7, 11) is 13.4. The first-order valence-electron chi connectivity index (χ1n) is 0.378. The van der Waals surface area contributed by atoms with Crippen LogP contribution in [0.2, 0.25) is 0 Å². The minimum atomic E-state index is -1.19. The van der Waals surface area contributed by atoms with Crippen molar-refractivity contribution in [3.05, 3.63) is 0 Å². The molecule has 0 aromatic heterocycles. The zero-order chi connectivity index (χ0) is 3.58. The molecule has 0 aromatic rings. The average Bonchev–Trinajstić information content (AvgIpc) is 0.811. The first-order valence-corrected chi connectivity index (χ1v) is 4.68. The van der Waals surface area contributed by atoms with Crippen molar-refractivity contribution in [1.29, 1.82) is 0 Å². The Morgan fingerprint density at radius 1 is 0.625 bits per heavy atom. The van der Waals surface area contributed by atoms with Crippen molar-refractivity contribution < 1.29 is 32.9 Å². The normalized spacial score (nSPS) is 5.62. The van der Waals surface area contributed by atoms with E-state index < -0.39 is 10.9 Å². The topological polar surface area (TPSA) is 126 Å². The summed E-state index contributed by atoms with van der Waals surface area (Å²) >= 11 is 0. The maximum absolute atomic E-state index is 4.87. The molecule has 0 heterocycles. The van der Waals surface area contributed by atoms with Crippen LogP contribution in [-0.4, -0.2) is 21.9 Å². The van der Waals surface area contributed by atoms with E-state index in [0.717, 1.165) is 0 Å². The molecule has 0 aliphatic carbocycles. The van der Waals surface area contributed by atoms with E-state index in [1.54, 1.807) is 0 Å². The Balaban J connectivity index is -0.00000000750. The van der Waals surface area contributed by atoms with Gasteiger partial charge in [0.2, 0.25) is 0 Å². The molecule has 0 aromatic carbocycles. The number of rotatable bonds is 0. The van der Waals surface area contributed by atoms with Gasteiger partial charge >= 0.3 is 41.4 Å². The fraction of sp³-hybridized carbons (Fsp3) is 0. The van der Waals surface area contributed by atoms with Gasteiger partial charge in [-0.1, -0.05) is 0 Å². The summed E-state index contributed by atoms with van der Waals surface area (Å²) in [5.41, 5.74) is 0. The fourth-order valence-corrected chi connectivity index (χ4v) is 0. The molecule has 0 spiro atoms. The molecule has 0 saturated carbocycles. The van der Waals surface area contributed by atoms with Crippen molar-refractivity contribution in [1.82, 2.24) is 0 Å². The monoisotopic (exact) mass is 236 g/mol. The fourth-order valence-electron chi connectivity index (χ4n) is 0. The average molecular weight is 237 g/mol. The Morgan fingerprint density at radius 2 is 0.625 bits per heavy atom. The van der Waals surface area contributed by atoms with Crippen LogP contribution in [0.5, 0.6) is 0 Å². The van der Waals surface area contributed by atoms with Crippen LogP contribution in [0.4, 0.5) is 0 Å². The van der Waals surface area contributed by atoms with Crippen LogP contribution in [0, 0.1) is 0 Å². The Labute approximate surface area is 63.5 Å². The minimum absolute atomic E-state index is 0. The van der Waals surface area contributed by atoms with Gasteiger partial charge in [0.25, 0.3) is 0 Å². The van der Waals surface area contributed by atoms with Crippen LogP contribution in [0.25, 0.3) is 0 Å². The molecule has 0 atom stereocenters. The Bertz CT molecular complexity index is 16.0. The van der Waals surface area contributed by atoms with Gasteiger partial charge < -0.3 is 21.9 Å².